The Morgan fingerprint density at radius 1 is 1.25 bits per heavy atom. The number of hydrogen-bond donors (Lipinski definition) is 1. The van der Waals surface area contributed by atoms with Gasteiger partial charge in [0.1, 0.15) is 18.3 Å². The van der Waals surface area contributed by atoms with Crippen LogP contribution in [0.1, 0.15) is 10.6 Å². The number of hydrogen-bond acceptors (Lipinski definition) is 6. The van der Waals surface area contributed by atoms with Crippen LogP contribution in [0.15, 0.2) is 47.0 Å². The molecular formula is C19H18N6O2S. The third kappa shape index (κ3) is 3.56. The molecule has 28 heavy (non-hydrogen) atoms. The number of aromatic nitrogens is 5. The van der Waals surface area contributed by atoms with Gasteiger partial charge >= 0.3 is 0 Å². The van der Waals surface area contributed by atoms with E-state index in [1.807, 2.05) is 36.6 Å². The van der Waals surface area contributed by atoms with Gasteiger partial charge in [-0.1, -0.05) is 24.3 Å². The molecule has 0 saturated heterocycles. The normalized spacial score (nSPS) is 11.1. The van der Waals surface area contributed by atoms with E-state index in [-0.39, 0.29) is 18.0 Å². The summed E-state index contributed by atoms with van der Waals surface area (Å²) in [5, 5.41) is 10.3. The van der Waals surface area contributed by atoms with E-state index in [9.17, 15) is 9.59 Å². The molecule has 0 atom stereocenters. The Labute approximate surface area is 164 Å². The van der Waals surface area contributed by atoms with Gasteiger partial charge in [-0.2, -0.15) is 5.10 Å². The first-order chi connectivity index (χ1) is 13.5. The van der Waals surface area contributed by atoms with Crippen LogP contribution in [0, 0.1) is 6.92 Å². The van der Waals surface area contributed by atoms with Crippen LogP contribution < -0.4 is 10.9 Å². The van der Waals surface area contributed by atoms with E-state index in [0.29, 0.717) is 17.6 Å². The SMILES string of the molecule is Cc1nc(-c2ccc(CNC(=O)Cn3cnc4c(cnn4C)c3=O)cc2)cs1. The summed E-state index contributed by atoms with van der Waals surface area (Å²) >= 11 is 1.62. The minimum Gasteiger partial charge on any atom is -0.350 e. The Kier molecular flexibility index (Phi) is 4.74. The Hall–Kier alpha value is -3.33. The lowest BCUT2D eigenvalue weighted by Gasteiger charge is -2.08. The first-order valence-electron chi connectivity index (χ1n) is 8.66. The van der Waals surface area contributed by atoms with Crippen molar-refractivity contribution in [1.29, 1.82) is 0 Å². The number of thiazole rings is 1. The predicted octanol–water partition coefficient (Wildman–Crippen LogP) is 1.88. The van der Waals surface area contributed by atoms with Gasteiger partial charge in [0.05, 0.1) is 16.9 Å². The zero-order valence-electron chi connectivity index (χ0n) is 15.4. The van der Waals surface area contributed by atoms with E-state index in [1.165, 1.54) is 21.8 Å². The first kappa shape index (κ1) is 18.1. The second-order valence-corrected chi connectivity index (χ2v) is 7.47. The number of rotatable bonds is 5. The number of aryl methyl sites for hydroxylation is 2. The van der Waals surface area contributed by atoms with E-state index in [0.717, 1.165) is 21.8 Å². The van der Waals surface area contributed by atoms with Gasteiger partial charge in [0.2, 0.25) is 5.91 Å². The van der Waals surface area contributed by atoms with Crippen LogP contribution in [0.25, 0.3) is 22.3 Å². The summed E-state index contributed by atoms with van der Waals surface area (Å²) in [5.41, 5.74) is 3.18. The van der Waals surface area contributed by atoms with Crippen molar-refractivity contribution in [1.82, 2.24) is 29.6 Å². The van der Waals surface area contributed by atoms with E-state index >= 15 is 0 Å². The lowest BCUT2D eigenvalue weighted by molar-refractivity contribution is -0.121. The number of carbonyl (C=O) groups is 1. The van der Waals surface area contributed by atoms with Gasteiger partial charge in [-0.15, -0.1) is 11.3 Å². The molecule has 3 heterocycles. The van der Waals surface area contributed by atoms with Crippen LogP contribution >= 0.6 is 11.3 Å². The highest BCUT2D eigenvalue weighted by molar-refractivity contribution is 7.09. The standard InChI is InChI=1S/C19H18N6O2S/c1-12-23-16(10-28-12)14-5-3-13(4-6-14)7-20-17(26)9-25-11-21-18-15(19(25)27)8-22-24(18)2/h3-6,8,10-11H,7,9H2,1-2H3,(H,20,26). The van der Waals surface area contributed by atoms with Crippen LogP contribution in [-0.4, -0.2) is 30.2 Å². The second-order valence-electron chi connectivity index (χ2n) is 6.41. The summed E-state index contributed by atoms with van der Waals surface area (Å²) in [6, 6.07) is 7.89. The van der Waals surface area contributed by atoms with Crippen molar-refractivity contribution in [2.24, 2.45) is 7.05 Å². The molecule has 0 spiro atoms. The molecule has 142 valence electrons. The highest BCUT2D eigenvalue weighted by Gasteiger charge is 2.11. The van der Waals surface area contributed by atoms with Crippen molar-refractivity contribution >= 4 is 28.3 Å². The lowest BCUT2D eigenvalue weighted by atomic mass is 10.1. The first-order valence-corrected chi connectivity index (χ1v) is 9.54. The quantitative estimate of drug-likeness (QED) is 0.558. The molecule has 0 saturated carbocycles. The number of amides is 1. The molecule has 1 amide bonds. The highest BCUT2D eigenvalue weighted by Crippen LogP contribution is 2.21. The second kappa shape index (κ2) is 7.35. The Bertz CT molecular complexity index is 1210. The molecule has 0 radical (unpaired) electrons. The minimum absolute atomic E-state index is 0.0904. The summed E-state index contributed by atoms with van der Waals surface area (Å²) in [4.78, 5) is 33.3. The molecule has 0 bridgehead atoms. The van der Waals surface area contributed by atoms with Crippen molar-refractivity contribution in [3.8, 4) is 11.3 Å². The van der Waals surface area contributed by atoms with E-state index < -0.39 is 0 Å². The fraction of sp³-hybridized carbons (Fsp3) is 0.211. The molecule has 0 aliphatic carbocycles. The van der Waals surface area contributed by atoms with Crippen molar-refractivity contribution < 1.29 is 4.79 Å². The maximum atomic E-state index is 12.4. The van der Waals surface area contributed by atoms with Crippen LogP contribution in [0.5, 0.6) is 0 Å². The maximum Gasteiger partial charge on any atom is 0.264 e. The maximum absolute atomic E-state index is 12.4. The molecule has 4 rings (SSSR count). The molecule has 0 aliphatic heterocycles. The summed E-state index contributed by atoms with van der Waals surface area (Å²) in [5.74, 6) is -0.258. The van der Waals surface area contributed by atoms with Gasteiger partial charge in [-0.05, 0) is 12.5 Å². The number of nitrogens with zero attached hydrogens (tertiary/aromatic N) is 5. The molecule has 1 aromatic carbocycles. The summed E-state index contributed by atoms with van der Waals surface area (Å²) in [6.45, 7) is 2.27. The minimum atomic E-state index is -0.281. The molecule has 8 nitrogen and oxygen atoms in total. The van der Waals surface area contributed by atoms with Crippen molar-refractivity contribution in [3.05, 3.63) is 63.1 Å². The predicted molar refractivity (Wildman–Crippen MR) is 107 cm³/mol. The van der Waals surface area contributed by atoms with Crippen molar-refractivity contribution in [3.63, 3.8) is 0 Å². The van der Waals surface area contributed by atoms with Crippen molar-refractivity contribution in [2.45, 2.75) is 20.0 Å². The number of carbonyl (C=O) groups excluding carboxylic acids is 1. The largest absolute Gasteiger partial charge is 0.350 e. The monoisotopic (exact) mass is 394 g/mol. The number of benzene rings is 1. The van der Waals surface area contributed by atoms with Crippen LogP contribution in [0.3, 0.4) is 0 Å². The topological polar surface area (TPSA) is 94.7 Å². The molecule has 0 aliphatic rings. The van der Waals surface area contributed by atoms with Crippen LogP contribution in [0.2, 0.25) is 0 Å². The van der Waals surface area contributed by atoms with Gasteiger partial charge < -0.3 is 5.32 Å². The molecule has 0 fully saturated rings. The van der Waals surface area contributed by atoms with Gasteiger partial charge in [0.15, 0.2) is 5.65 Å². The van der Waals surface area contributed by atoms with E-state index in [2.05, 4.69) is 20.4 Å². The molecule has 3 aromatic heterocycles. The van der Waals surface area contributed by atoms with Gasteiger partial charge in [0, 0.05) is 24.5 Å². The smallest absolute Gasteiger partial charge is 0.264 e. The molecule has 1 N–H and O–H groups in total. The fourth-order valence-electron chi connectivity index (χ4n) is 2.88. The van der Waals surface area contributed by atoms with E-state index in [4.69, 9.17) is 0 Å². The molecule has 0 unspecified atom stereocenters. The highest BCUT2D eigenvalue weighted by atomic mass is 32.1. The lowest BCUT2D eigenvalue weighted by Crippen LogP contribution is -2.32. The third-order valence-electron chi connectivity index (χ3n) is 4.39. The van der Waals surface area contributed by atoms with Gasteiger partial charge in [-0.25, -0.2) is 9.97 Å². The van der Waals surface area contributed by atoms with Crippen LogP contribution in [-0.2, 0) is 24.9 Å². The average Bonchev–Trinajstić information content (AvgIpc) is 3.29. The van der Waals surface area contributed by atoms with Gasteiger partial charge in [0.25, 0.3) is 5.56 Å². The number of fused-ring (bicyclic) bond motifs is 1. The van der Waals surface area contributed by atoms with Crippen molar-refractivity contribution in [2.75, 3.05) is 0 Å². The Morgan fingerprint density at radius 2 is 2.04 bits per heavy atom. The summed E-state index contributed by atoms with van der Waals surface area (Å²) in [6.07, 6.45) is 2.83. The zero-order valence-corrected chi connectivity index (χ0v) is 16.2. The summed E-state index contributed by atoms with van der Waals surface area (Å²) in [7, 11) is 1.71. The fourth-order valence-corrected chi connectivity index (χ4v) is 3.50. The molecule has 4 aromatic rings. The zero-order chi connectivity index (χ0) is 19.7. The average molecular weight is 394 g/mol. The number of nitrogens with one attached hydrogen (secondary N) is 1. The van der Waals surface area contributed by atoms with Gasteiger partial charge in [-0.3, -0.25) is 18.8 Å². The Balaban J connectivity index is 1.39. The summed E-state index contributed by atoms with van der Waals surface area (Å²) < 4.78 is 2.81. The van der Waals surface area contributed by atoms with E-state index in [1.54, 1.807) is 18.4 Å². The van der Waals surface area contributed by atoms with Crippen LogP contribution in [0.4, 0.5) is 0 Å². The Morgan fingerprint density at radius 3 is 2.75 bits per heavy atom. The molecular weight excluding hydrogens is 376 g/mol. The third-order valence-corrected chi connectivity index (χ3v) is 5.16. The molecule has 9 heteroatoms.